The van der Waals surface area contributed by atoms with Gasteiger partial charge in [-0.3, -0.25) is 0 Å². The largest absolute Gasteiger partial charge is 0.338 e. The summed E-state index contributed by atoms with van der Waals surface area (Å²) in [6.07, 6.45) is 0. The normalized spacial score (nSPS) is 11.1. The minimum Gasteiger partial charge on any atom is -0.338 e. The molecule has 3 aromatic rings. The van der Waals surface area contributed by atoms with Crippen molar-refractivity contribution in [3.63, 3.8) is 0 Å². The zero-order valence-electron chi connectivity index (χ0n) is 9.05. The van der Waals surface area contributed by atoms with Crippen LogP contribution in [0.3, 0.4) is 0 Å². The predicted octanol–water partition coefficient (Wildman–Crippen LogP) is 4.11. The number of H-pyrrole nitrogens is 1. The number of para-hydroxylation sites is 2. The van der Waals surface area contributed by atoms with Crippen LogP contribution in [0.1, 0.15) is 0 Å². The van der Waals surface area contributed by atoms with E-state index in [0.717, 1.165) is 17.1 Å². The van der Waals surface area contributed by atoms with Crippen molar-refractivity contribution in [3.05, 3.63) is 51.6 Å². The molecule has 0 fully saturated rings. The smallest absolute Gasteiger partial charge is 0.141 e. The van der Waals surface area contributed by atoms with E-state index in [4.69, 9.17) is 0 Å². The van der Waals surface area contributed by atoms with Crippen molar-refractivity contribution in [2.24, 2.45) is 0 Å². The van der Waals surface area contributed by atoms with Gasteiger partial charge >= 0.3 is 0 Å². The molecule has 0 aliphatic heterocycles. The second kappa shape index (κ2) is 4.31. The molecule has 0 spiro atoms. The Bertz CT molecular complexity index is 704. The minimum absolute atomic E-state index is 0.275. The summed E-state index contributed by atoms with van der Waals surface area (Å²) in [6, 6.07) is 9.75. The van der Waals surface area contributed by atoms with E-state index in [2.05, 4.69) is 9.97 Å². The number of imidazole rings is 1. The number of rotatable bonds is 1. The van der Waals surface area contributed by atoms with Crippen molar-refractivity contribution in [3.8, 4) is 11.4 Å². The van der Waals surface area contributed by atoms with Gasteiger partial charge in [-0.05, 0) is 40.8 Å². The van der Waals surface area contributed by atoms with Gasteiger partial charge in [0.15, 0.2) is 0 Å². The van der Waals surface area contributed by atoms with Gasteiger partial charge in [0.2, 0.25) is 0 Å². The maximum absolute atomic E-state index is 13.7. The van der Waals surface area contributed by atoms with Crippen LogP contribution in [0, 0.1) is 15.2 Å². The first kappa shape index (κ1) is 11.6. The fraction of sp³-hybridized carbons (Fsp3) is 0. The van der Waals surface area contributed by atoms with Crippen LogP contribution in [0.5, 0.6) is 0 Å². The highest BCUT2D eigenvalue weighted by Crippen LogP contribution is 2.26. The molecule has 0 atom stereocenters. The third-order valence-electron chi connectivity index (χ3n) is 2.65. The van der Waals surface area contributed by atoms with E-state index in [1.54, 1.807) is 0 Å². The zero-order chi connectivity index (χ0) is 12.7. The SMILES string of the molecule is Fc1cc(F)c(-c2nc3ccccc3[nH]2)cc1I. The lowest BCUT2D eigenvalue weighted by atomic mass is 10.2. The molecule has 2 aromatic carbocycles. The molecule has 0 bridgehead atoms. The number of nitrogens with one attached hydrogen (secondary N) is 1. The van der Waals surface area contributed by atoms with E-state index >= 15 is 0 Å². The fourth-order valence-corrected chi connectivity index (χ4v) is 2.25. The van der Waals surface area contributed by atoms with Crippen LogP contribution >= 0.6 is 22.6 Å². The first-order valence-corrected chi connectivity index (χ1v) is 6.32. The van der Waals surface area contributed by atoms with Gasteiger partial charge in [0.25, 0.3) is 0 Å². The lowest BCUT2D eigenvalue weighted by Crippen LogP contribution is -1.91. The maximum Gasteiger partial charge on any atom is 0.141 e. The zero-order valence-corrected chi connectivity index (χ0v) is 11.2. The lowest BCUT2D eigenvalue weighted by molar-refractivity contribution is 0.580. The molecule has 1 N–H and O–H groups in total. The molecule has 0 saturated carbocycles. The molecule has 2 nitrogen and oxygen atoms in total. The molecule has 0 unspecified atom stereocenters. The second-order valence-electron chi connectivity index (χ2n) is 3.85. The Balaban J connectivity index is 2.22. The number of fused-ring (bicyclic) bond motifs is 1. The van der Waals surface area contributed by atoms with Gasteiger partial charge in [-0.15, -0.1) is 0 Å². The average Bonchev–Trinajstić information content (AvgIpc) is 2.77. The molecular weight excluding hydrogens is 349 g/mol. The Morgan fingerprint density at radius 2 is 1.83 bits per heavy atom. The number of aromatic nitrogens is 2. The molecule has 1 aromatic heterocycles. The Morgan fingerprint density at radius 1 is 1.06 bits per heavy atom. The number of hydrogen-bond acceptors (Lipinski definition) is 1. The van der Waals surface area contributed by atoms with Crippen molar-refractivity contribution >= 4 is 33.6 Å². The standard InChI is InChI=1S/C13H7F2IN2/c14-8-6-9(15)10(16)5-7(8)13-17-11-3-1-2-4-12(11)18-13/h1-6H,(H,17,18). The van der Waals surface area contributed by atoms with E-state index in [1.807, 2.05) is 46.9 Å². The summed E-state index contributed by atoms with van der Waals surface area (Å²) in [6.45, 7) is 0. The number of nitrogens with zero attached hydrogens (tertiary/aromatic N) is 1. The van der Waals surface area contributed by atoms with E-state index in [-0.39, 0.29) is 5.56 Å². The minimum atomic E-state index is -0.619. The molecule has 5 heteroatoms. The van der Waals surface area contributed by atoms with Gasteiger partial charge in [0.1, 0.15) is 17.5 Å². The number of halogens is 3. The Kier molecular flexibility index (Phi) is 2.77. The van der Waals surface area contributed by atoms with E-state index in [1.165, 1.54) is 6.07 Å². The molecule has 3 rings (SSSR count). The summed E-state index contributed by atoms with van der Waals surface area (Å²) in [5.74, 6) is -0.772. The Hall–Kier alpha value is -1.50. The highest BCUT2D eigenvalue weighted by Gasteiger charge is 2.13. The first-order valence-electron chi connectivity index (χ1n) is 5.25. The Labute approximate surface area is 115 Å². The summed E-state index contributed by atoms with van der Waals surface area (Å²) in [7, 11) is 0. The molecule has 0 aliphatic carbocycles. The van der Waals surface area contributed by atoms with Crippen molar-refractivity contribution in [1.29, 1.82) is 0 Å². The van der Waals surface area contributed by atoms with Crippen molar-refractivity contribution in [2.45, 2.75) is 0 Å². The second-order valence-corrected chi connectivity index (χ2v) is 5.01. The van der Waals surface area contributed by atoms with Crippen LogP contribution < -0.4 is 0 Å². The van der Waals surface area contributed by atoms with Crippen molar-refractivity contribution < 1.29 is 8.78 Å². The summed E-state index contributed by atoms with van der Waals surface area (Å²) < 4.78 is 27.3. The average molecular weight is 356 g/mol. The molecule has 18 heavy (non-hydrogen) atoms. The maximum atomic E-state index is 13.7. The Morgan fingerprint density at radius 3 is 2.61 bits per heavy atom. The van der Waals surface area contributed by atoms with Gasteiger partial charge in [0.05, 0.1) is 16.6 Å². The monoisotopic (exact) mass is 356 g/mol. The van der Waals surface area contributed by atoms with E-state index < -0.39 is 11.6 Å². The van der Waals surface area contributed by atoms with Crippen molar-refractivity contribution in [1.82, 2.24) is 9.97 Å². The van der Waals surface area contributed by atoms with Crippen molar-refractivity contribution in [2.75, 3.05) is 0 Å². The highest BCUT2D eigenvalue weighted by atomic mass is 127. The van der Waals surface area contributed by atoms with E-state index in [0.29, 0.717) is 9.39 Å². The molecule has 0 radical (unpaired) electrons. The molecule has 0 aliphatic rings. The van der Waals surface area contributed by atoms with Crippen LogP contribution in [0.15, 0.2) is 36.4 Å². The molecule has 90 valence electrons. The van der Waals surface area contributed by atoms with Crippen LogP contribution in [-0.4, -0.2) is 9.97 Å². The first-order chi connectivity index (χ1) is 8.65. The summed E-state index contributed by atoms with van der Waals surface area (Å²) >= 11 is 1.83. The van der Waals surface area contributed by atoms with Gasteiger partial charge < -0.3 is 4.98 Å². The molecule has 0 amide bonds. The quantitative estimate of drug-likeness (QED) is 0.516. The third kappa shape index (κ3) is 1.88. The summed E-state index contributed by atoms with van der Waals surface area (Å²) in [5.41, 5.74) is 1.86. The van der Waals surface area contributed by atoms with Gasteiger partial charge in [-0.25, -0.2) is 13.8 Å². The topological polar surface area (TPSA) is 28.7 Å². The van der Waals surface area contributed by atoms with Crippen LogP contribution in [0.4, 0.5) is 8.78 Å². The highest BCUT2D eigenvalue weighted by molar-refractivity contribution is 14.1. The van der Waals surface area contributed by atoms with Gasteiger partial charge in [-0.1, -0.05) is 12.1 Å². The van der Waals surface area contributed by atoms with Crippen LogP contribution in [0.25, 0.3) is 22.4 Å². The molecular formula is C13H7F2IN2. The number of hydrogen-bond donors (Lipinski definition) is 1. The number of aromatic amines is 1. The summed E-state index contributed by atoms with van der Waals surface area (Å²) in [4.78, 5) is 7.32. The predicted molar refractivity (Wildman–Crippen MR) is 74.2 cm³/mol. The lowest BCUT2D eigenvalue weighted by Gasteiger charge is -2.01. The fourth-order valence-electron chi connectivity index (χ4n) is 1.78. The van der Waals surface area contributed by atoms with E-state index in [9.17, 15) is 8.78 Å². The molecule has 1 heterocycles. The van der Waals surface area contributed by atoms with Gasteiger partial charge in [-0.2, -0.15) is 0 Å². The van der Waals surface area contributed by atoms with Gasteiger partial charge in [0, 0.05) is 9.64 Å². The van der Waals surface area contributed by atoms with Crippen LogP contribution in [-0.2, 0) is 0 Å². The molecule has 0 saturated heterocycles. The van der Waals surface area contributed by atoms with Crippen LogP contribution in [0.2, 0.25) is 0 Å². The third-order valence-corrected chi connectivity index (χ3v) is 3.48. The summed E-state index contributed by atoms with van der Waals surface area (Å²) in [5, 5.41) is 0. The number of benzene rings is 2.